The Labute approximate surface area is 128 Å². The highest BCUT2D eigenvalue weighted by Gasteiger charge is 2.06. The van der Waals surface area contributed by atoms with E-state index in [-0.39, 0.29) is 5.91 Å². The number of benzene rings is 1. The van der Waals surface area contributed by atoms with Gasteiger partial charge in [-0.2, -0.15) is 0 Å². The SMILES string of the molecule is Cc1ccc(C)c(NC(=S)NNC(=O)c2ccccn2)c1. The van der Waals surface area contributed by atoms with Crippen molar-refractivity contribution in [1.29, 1.82) is 0 Å². The number of aromatic nitrogens is 1. The van der Waals surface area contributed by atoms with Crippen LogP contribution in [0.15, 0.2) is 42.6 Å². The van der Waals surface area contributed by atoms with E-state index in [9.17, 15) is 4.79 Å². The zero-order valence-electron chi connectivity index (χ0n) is 11.8. The predicted octanol–water partition coefficient (Wildman–Crippen LogP) is 2.33. The van der Waals surface area contributed by atoms with Gasteiger partial charge >= 0.3 is 0 Å². The number of anilines is 1. The van der Waals surface area contributed by atoms with Gasteiger partial charge in [-0.1, -0.05) is 18.2 Å². The van der Waals surface area contributed by atoms with Gasteiger partial charge in [0.2, 0.25) is 0 Å². The Morgan fingerprint density at radius 1 is 1.14 bits per heavy atom. The average Bonchev–Trinajstić information content (AvgIpc) is 2.49. The van der Waals surface area contributed by atoms with Crippen molar-refractivity contribution < 1.29 is 4.79 Å². The van der Waals surface area contributed by atoms with Gasteiger partial charge in [-0.3, -0.25) is 20.6 Å². The van der Waals surface area contributed by atoms with E-state index in [1.807, 2.05) is 32.0 Å². The normalized spacial score (nSPS) is 9.81. The lowest BCUT2D eigenvalue weighted by molar-refractivity contribution is 0.0939. The van der Waals surface area contributed by atoms with Crippen LogP contribution < -0.4 is 16.2 Å². The monoisotopic (exact) mass is 300 g/mol. The second-order valence-electron chi connectivity index (χ2n) is 4.57. The lowest BCUT2D eigenvalue weighted by Crippen LogP contribution is -2.44. The van der Waals surface area contributed by atoms with Gasteiger partial charge < -0.3 is 5.32 Å². The summed E-state index contributed by atoms with van der Waals surface area (Å²) in [5.74, 6) is -0.347. The number of hydrazine groups is 1. The molecule has 0 spiro atoms. The van der Waals surface area contributed by atoms with Crippen LogP contribution in [0.2, 0.25) is 0 Å². The predicted molar refractivity (Wildman–Crippen MR) is 87.0 cm³/mol. The number of hydrogen-bond acceptors (Lipinski definition) is 3. The lowest BCUT2D eigenvalue weighted by Gasteiger charge is -2.13. The van der Waals surface area contributed by atoms with Crippen molar-refractivity contribution in [3.63, 3.8) is 0 Å². The molecule has 0 saturated heterocycles. The second-order valence-corrected chi connectivity index (χ2v) is 4.97. The van der Waals surface area contributed by atoms with Crippen LogP contribution in [0.5, 0.6) is 0 Å². The molecule has 6 heteroatoms. The molecule has 0 unspecified atom stereocenters. The molecule has 1 heterocycles. The summed E-state index contributed by atoms with van der Waals surface area (Å²) in [6, 6.07) is 11.1. The van der Waals surface area contributed by atoms with Gasteiger partial charge in [0, 0.05) is 11.9 Å². The summed E-state index contributed by atoms with van der Waals surface area (Å²) in [5.41, 5.74) is 8.57. The van der Waals surface area contributed by atoms with Crippen LogP contribution in [0.1, 0.15) is 21.6 Å². The van der Waals surface area contributed by atoms with Crippen molar-refractivity contribution in [2.24, 2.45) is 0 Å². The lowest BCUT2D eigenvalue weighted by atomic mass is 10.1. The molecule has 1 amide bonds. The van der Waals surface area contributed by atoms with E-state index in [0.29, 0.717) is 10.8 Å². The van der Waals surface area contributed by atoms with Gasteiger partial charge in [0.1, 0.15) is 5.69 Å². The van der Waals surface area contributed by atoms with Crippen molar-refractivity contribution in [3.05, 3.63) is 59.4 Å². The number of carbonyl (C=O) groups excluding carboxylic acids is 1. The van der Waals surface area contributed by atoms with E-state index < -0.39 is 0 Å². The highest BCUT2D eigenvalue weighted by Crippen LogP contribution is 2.15. The van der Waals surface area contributed by atoms with Crippen molar-refractivity contribution in [2.75, 3.05) is 5.32 Å². The number of amides is 1. The summed E-state index contributed by atoms with van der Waals surface area (Å²) < 4.78 is 0. The maximum absolute atomic E-state index is 11.8. The summed E-state index contributed by atoms with van der Waals surface area (Å²) in [6.07, 6.45) is 1.56. The van der Waals surface area contributed by atoms with Crippen LogP contribution in [0, 0.1) is 13.8 Å². The summed E-state index contributed by atoms with van der Waals surface area (Å²) in [5, 5.41) is 3.36. The molecule has 2 aromatic rings. The van der Waals surface area contributed by atoms with Crippen molar-refractivity contribution in [1.82, 2.24) is 15.8 Å². The molecule has 1 aromatic carbocycles. The highest BCUT2D eigenvalue weighted by atomic mass is 32.1. The van der Waals surface area contributed by atoms with Crippen LogP contribution in [-0.2, 0) is 0 Å². The standard InChI is InChI=1S/C15H16N4OS/c1-10-6-7-11(2)13(9-10)17-15(21)19-18-14(20)12-5-3-4-8-16-12/h3-9H,1-2H3,(H,18,20)(H2,17,19,21). The Bertz CT molecular complexity index is 658. The summed E-state index contributed by atoms with van der Waals surface area (Å²) in [6.45, 7) is 3.99. The molecule has 108 valence electrons. The van der Waals surface area contributed by atoms with Crippen molar-refractivity contribution in [3.8, 4) is 0 Å². The Balaban J connectivity index is 1.91. The summed E-state index contributed by atoms with van der Waals surface area (Å²) >= 11 is 5.15. The highest BCUT2D eigenvalue weighted by molar-refractivity contribution is 7.80. The Morgan fingerprint density at radius 3 is 2.67 bits per heavy atom. The van der Waals surface area contributed by atoms with Crippen LogP contribution in [0.4, 0.5) is 5.69 Å². The molecule has 0 fully saturated rings. The van der Waals surface area contributed by atoms with Gasteiger partial charge in [0.25, 0.3) is 5.91 Å². The Kier molecular flexibility index (Phi) is 4.84. The molecule has 0 bridgehead atoms. The molecule has 0 aliphatic rings. The van der Waals surface area contributed by atoms with Crippen LogP contribution in [0.3, 0.4) is 0 Å². The third kappa shape index (κ3) is 4.25. The topological polar surface area (TPSA) is 66.0 Å². The minimum Gasteiger partial charge on any atom is -0.331 e. The van der Waals surface area contributed by atoms with Gasteiger partial charge in [0.05, 0.1) is 0 Å². The first-order valence-corrected chi connectivity index (χ1v) is 6.83. The molecule has 5 nitrogen and oxygen atoms in total. The van der Waals surface area contributed by atoms with E-state index in [1.165, 1.54) is 0 Å². The van der Waals surface area contributed by atoms with E-state index in [1.54, 1.807) is 24.4 Å². The number of aryl methyl sites for hydroxylation is 2. The number of carbonyl (C=O) groups is 1. The van der Waals surface area contributed by atoms with E-state index in [0.717, 1.165) is 16.8 Å². The minimum atomic E-state index is -0.347. The molecule has 3 N–H and O–H groups in total. The Morgan fingerprint density at radius 2 is 1.95 bits per heavy atom. The fraction of sp³-hybridized carbons (Fsp3) is 0.133. The number of hydrogen-bond donors (Lipinski definition) is 3. The van der Waals surface area contributed by atoms with E-state index in [4.69, 9.17) is 12.2 Å². The van der Waals surface area contributed by atoms with Gasteiger partial charge in [-0.15, -0.1) is 0 Å². The molecule has 21 heavy (non-hydrogen) atoms. The maximum atomic E-state index is 11.8. The first kappa shape index (κ1) is 14.9. The maximum Gasteiger partial charge on any atom is 0.288 e. The molecule has 2 rings (SSSR count). The Hall–Kier alpha value is -2.47. The van der Waals surface area contributed by atoms with E-state index >= 15 is 0 Å². The van der Waals surface area contributed by atoms with Gasteiger partial charge in [-0.25, -0.2) is 0 Å². The third-order valence-electron chi connectivity index (χ3n) is 2.83. The molecule has 0 radical (unpaired) electrons. The molecule has 0 saturated carbocycles. The molecule has 0 aliphatic carbocycles. The molecular formula is C15H16N4OS. The molecular weight excluding hydrogens is 284 g/mol. The molecule has 1 aromatic heterocycles. The van der Waals surface area contributed by atoms with Crippen LogP contribution in [-0.4, -0.2) is 16.0 Å². The van der Waals surface area contributed by atoms with Crippen LogP contribution >= 0.6 is 12.2 Å². The number of nitrogens with zero attached hydrogens (tertiary/aromatic N) is 1. The minimum absolute atomic E-state index is 0.313. The molecule has 0 atom stereocenters. The zero-order chi connectivity index (χ0) is 15.2. The number of rotatable bonds is 2. The number of thiocarbonyl (C=S) groups is 1. The summed E-state index contributed by atoms with van der Waals surface area (Å²) in [4.78, 5) is 15.7. The quantitative estimate of drug-likeness (QED) is 0.587. The van der Waals surface area contributed by atoms with E-state index in [2.05, 4.69) is 21.2 Å². The fourth-order valence-corrected chi connectivity index (χ4v) is 1.86. The van der Waals surface area contributed by atoms with Crippen molar-refractivity contribution in [2.45, 2.75) is 13.8 Å². The van der Waals surface area contributed by atoms with Crippen LogP contribution in [0.25, 0.3) is 0 Å². The molecule has 0 aliphatic heterocycles. The third-order valence-corrected chi connectivity index (χ3v) is 3.03. The van der Waals surface area contributed by atoms with Gasteiger partial charge in [-0.05, 0) is 55.4 Å². The largest absolute Gasteiger partial charge is 0.331 e. The second kappa shape index (κ2) is 6.81. The van der Waals surface area contributed by atoms with Crippen molar-refractivity contribution >= 4 is 28.9 Å². The smallest absolute Gasteiger partial charge is 0.288 e. The first-order chi connectivity index (χ1) is 10.1. The fourth-order valence-electron chi connectivity index (χ4n) is 1.70. The summed E-state index contributed by atoms with van der Waals surface area (Å²) in [7, 11) is 0. The average molecular weight is 300 g/mol. The zero-order valence-corrected chi connectivity index (χ0v) is 12.6. The van der Waals surface area contributed by atoms with Gasteiger partial charge in [0.15, 0.2) is 5.11 Å². The first-order valence-electron chi connectivity index (χ1n) is 6.42. The number of pyridine rings is 1. The number of nitrogens with one attached hydrogen (secondary N) is 3.